The lowest BCUT2D eigenvalue weighted by Gasteiger charge is -2.18. The number of nitrogens with zero attached hydrogens (tertiary/aromatic N) is 1. The van der Waals surface area contributed by atoms with Crippen molar-refractivity contribution in [2.75, 3.05) is 0 Å². The van der Waals surface area contributed by atoms with Gasteiger partial charge in [0, 0.05) is 0 Å². The van der Waals surface area contributed by atoms with Crippen LogP contribution in [0.2, 0.25) is 0 Å². The molecule has 3 nitrogen and oxygen atoms in total. The summed E-state index contributed by atoms with van der Waals surface area (Å²) >= 11 is 1.00. The average molecular weight is 351 g/mol. The lowest BCUT2D eigenvalue weighted by molar-refractivity contribution is -0.123. The van der Waals surface area contributed by atoms with E-state index in [4.69, 9.17) is 0 Å². The van der Waals surface area contributed by atoms with Crippen molar-refractivity contribution in [3.8, 4) is 0 Å². The Labute approximate surface area is 152 Å². The molecule has 4 heteroatoms. The maximum Gasteiger partial charge on any atom is 0.293 e. The fraction of sp³-hybridized carbons (Fsp3) is 0.238. The van der Waals surface area contributed by atoms with Crippen LogP contribution in [0.3, 0.4) is 0 Å². The van der Waals surface area contributed by atoms with Crippen LogP contribution >= 0.6 is 11.8 Å². The Kier molecular flexibility index (Phi) is 4.82. The summed E-state index contributed by atoms with van der Waals surface area (Å²) in [5.74, 6) is -0.223. The number of benzene rings is 2. The van der Waals surface area contributed by atoms with Crippen LogP contribution in [-0.2, 0) is 16.8 Å². The first kappa shape index (κ1) is 17.5. The molecule has 0 radical (unpaired) electrons. The van der Waals surface area contributed by atoms with Gasteiger partial charge in [-0.2, -0.15) is 0 Å². The van der Waals surface area contributed by atoms with Gasteiger partial charge in [-0.1, -0.05) is 75.4 Å². The number of carbonyl (C=O) groups excluding carboxylic acids is 2. The van der Waals surface area contributed by atoms with Crippen LogP contribution in [0.5, 0.6) is 0 Å². The second-order valence-corrected chi connectivity index (χ2v) is 8.12. The van der Waals surface area contributed by atoms with Gasteiger partial charge in [0.1, 0.15) is 0 Å². The number of rotatable bonds is 3. The number of hydrogen-bond donors (Lipinski definition) is 0. The van der Waals surface area contributed by atoms with Crippen LogP contribution in [-0.4, -0.2) is 16.0 Å². The van der Waals surface area contributed by atoms with E-state index in [2.05, 4.69) is 32.9 Å². The summed E-state index contributed by atoms with van der Waals surface area (Å²) in [6, 6.07) is 17.7. The minimum absolute atomic E-state index is 0.0893. The molecule has 0 N–H and O–H groups in total. The van der Waals surface area contributed by atoms with E-state index in [0.29, 0.717) is 11.4 Å². The van der Waals surface area contributed by atoms with E-state index in [-0.39, 0.29) is 16.6 Å². The lowest BCUT2D eigenvalue weighted by Crippen LogP contribution is -2.27. The molecule has 1 saturated heterocycles. The third kappa shape index (κ3) is 4.02. The van der Waals surface area contributed by atoms with Crippen LogP contribution < -0.4 is 0 Å². The molecule has 25 heavy (non-hydrogen) atoms. The lowest BCUT2D eigenvalue weighted by atomic mass is 9.87. The number of imide groups is 1. The fourth-order valence-corrected chi connectivity index (χ4v) is 3.47. The molecule has 2 aromatic rings. The Bertz CT molecular complexity index is 817. The topological polar surface area (TPSA) is 37.4 Å². The number of amides is 2. The van der Waals surface area contributed by atoms with Gasteiger partial charge in [0.2, 0.25) is 0 Å². The normalized spacial score (nSPS) is 16.8. The smallest absolute Gasteiger partial charge is 0.268 e. The summed E-state index contributed by atoms with van der Waals surface area (Å²) in [6.45, 7) is 6.80. The van der Waals surface area contributed by atoms with Gasteiger partial charge < -0.3 is 0 Å². The molecular weight excluding hydrogens is 330 g/mol. The van der Waals surface area contributed by atoms with Gasteiger partial charge in [-0.15, -0.1) is 0 Å². The fourth-order valence-electron chi connectivity index (χ4n) is 2.63. The van der Waals surface area contributed by atoms with E-state index in [1.165, 1.54) is 10.5 Å². The Hall–Kier alpha value is -2.33. The molecule has 128 valence electrons. The summed E-state index contributed by atoms with van der Waals surface area (Å²) < 4.78 is 0. The molecule has 0 unspecified atom stereocenters. The third-order valence-electron chi connectivity index (χ3n) is 4.13. The van der Waals surface area contributed by atoms with Crippen molar-refractivity contribution in [1.82, 2.24) is 4.90 Å². The van der Waals surface area contributed by atoms with E-state index < -0.39 is 0 Å². The van der Waals surface area contributed by atoms with Gasteiger partial charge in [0.15, 0.2) is 0 Å². The van der Waals surface area contributed by atoms with Crippen molar-refractivity contribution < 1.29 is 9.59 Å². The van der Waals surface area contributed by atoms with Crippen LogP contribution in [0.15, 0.2) is 59.5 Å². The van der Waals surface area contributed by atoms with Crippen molar-refractivity contribution in [3.05, 3.63) is 76.2 Å². The van der Waals surface area contributed by atoms with E-state index in [1.54, 1.807) is 6.08 Å². The Morgan fingerprint density at radius 3 is 2.20 bits per heavy atom. The highest BCUT2D eigenvalue weighted by Gasteiger charge is 2.34. The van der Waals surface area contributed by atoms with Gasteiger partial charge in [-0.25, -0.2) is 0 Å². The van der Waals surface area contributed by atoms with Gasteiger partial charge in [-0.3, -0.25) is 14.5 Å². The minimum Gasteiger partial charge on any atom is -0.268 e. The first-order valence-electron chi connectivity index (χ1n) is 8.24. The molecule has 0 spiro atoms. The zero-order valence-corrected chi connectivity index (χ0v) is 15.5. The van der Waals surface area contributed by atoms with E-state index >= 15 is 0 Å². The molecule has 1 fully saturated rings. The van der Waals surface area contributed by atoms with Gasteiger partial charge in [-0.05, 0) is 39.9 Å². The molecule has 1 heterocycles. The summed E-state index contributed by atoms with van der Waals surface area (Å²) in [4.78, 5) is 26.5. The molecule has 0 aromatic heterocycles. The second-order valence-electron chi connectivity index (χ2n) is 7.13. The number of carbonyl (C=O) groups is 2. The van der Waals surface area contributed by atoms with E-state index in [9.17, 15) is 9.59 Å². The highest BCUT2D eigenvalue weighted by Crippen LogP contribution is 2.33. The highest BCUT2D eigenvalue weighted by molar-refractivity contribution is 8.18. The SMILES string of the molecule is CC(C)(C)c1ccc(/C=C2\SC(=O)N(Cc3ccccc3)C2=O)cc1. The standard InChI is InChI=1S/C21H21NO2S/c1-21(2,3)17-11-9-15(10-12-17)13-18-19(23)22(20(24)25-18)14-16-7-5-4-6-8-16/h4-13H,14H2,1-3H3/b18-13-. The second kappa shape index (κ2) is 6.89. The molecule has 2 amide bonds. The molecule has 0 saturated carbocycles. The molecule has 0 aliphatic carbocycles. The molecule has 0 atom stereocenters. The van der Waals surface area contributed by atoms with Crippen molar-refractivity contribution in [2.45, 2.75) is 32.7 Å². The predicted octanol–water partition coefficient (Wildman–Crippen LogP) is 5.22. The Balaban J connectivity index is 1.78. The van der Waals surface area contributed by atoms with Gasteiger partial charge in [0.05, 0.1) is 11.4 Å². The maximum atomic E-state index is 12.6. The number of thioether (sulfide) groups is 1. The van der Waals surface area contributed by atoms with Crippen molar-refractivity contribution in [3.63, 3.8) is 0 Å². The van der Waals surface area contributed by atoms with Crippen LogP contribution in [0.25, 0.3) is 6.08 Å². The first-order chi connectivity index (χ1) is 11.8. The Morgan fingerprint density at radius 2 is 1.60 bits per heavy atom. The summed E-state index contributed by atoms with van der Waals surface area (Å²) in [5, 5.41) is -0.216. The predicted molar refractivity (Wildman–Crippen MR) is 103 cm³/mol. The summed E-state index contributed by atoms with van der Waals surface area (Å²) in [5.41, 5.74) is 3.20. The molecule has 1 aliphatic rings. The maximum absolute atomic E-state index is 12.6. The zero-order valence-electron chi connectivity index (χ0n) is 14.7. The van der Waals surface area contributed by atoms with Crippen LogP contribution in [0.1, 0.15) is 37.5 Å². The number of hydrogen-bond acceptors (Lipinski definition) is 3. The van der Waals surface area contributed by atoms with Crippen molar-refractivity contribution in [2.24, 2.45) is 0 Å². The monoisotopic (exact) mass is 351 g/mol. The van der Waals surface area contributed by atoms with Gasteiger partial charge >= 0.3 is 0 Å². The molecular formula is C21H21NO2S. The molecule has 3 rings (SSSR count). The van der Waals surface area contributed by atoms with E-state index in [0.717, 1.165) is 22.9 Å². The summed E-state index contributed by atoms with van der Waals surface area (Å²) in [7, 11) is 0. The molecule has 1 aliphatic heterocycles. The van der Waals surface area contributed by atoms with E-state index in [1.807, 2.05) is 42.5 Å². The Morgan fingerprint density at radius 1 is 0.960 bits per heavy atom. The average Bonchev–Trinajstić information content (AvgIpc) is 2.83. The van der Waals surface area contributed by atoms with Crippen LogP contribution in [0, 0.1) is 0 Å². The molecule has 2 aromatic carbocycles. The van der Waals surface area contributed by atoms with Gasteiger partial charge in [0.25, 0.3) is 11.1 Å². The quantitative estimate of drug-likeness (QED) is 0.711. The first-order valence-corrected chi connectivity index (χ1v) is 9.06. The largest absolute Gasteiger partial charge is 0.293 e. The zero-order chi connectivity index (χ0) is 18.0. The highest BCUT2D eigenvalue weighted by atomic mass is 32.2. The molecule has 0 bridgehead atoms. The summed E-state index contributed by atoms with van der Waals surface area (Å²) in [6.07, 6.45) is 1.79. The van der Waals surface area contributed by atoms with Crippen LogP contribution in [0.4, 0.5) is 4.79 Å². The van der Waals surface area contributed by atoms with Crippen molar-refractivity contribution in [1.29, 1.82) is 0 Å². The minimum atomic E-state index is -0.223. The van der Waals surface area contributed by atoms with Crippen molar-refractivity contribution >= 4 is 29.0 Å². The third-order valence-corrected chi connectivity index (χ3v) is 5.04.